The number of hydrogen-bond acceptors (Lipinski definition) is 3. The molecule has 0 aromatic heterocycles. The fourth-order valence-corrected chi connectivity index (χ4v) is 2.98. The number of nitrogens with zero attached hydrogens (tertiary/aromatic N) is 1. The van der Waals surface area contributed by atoms with Crippen LogP contribution < -0.4 is 5.73 Å². The lowest BCUT2D eigenvalue weighted by molar-refractivity contribution is 0.112. The van der Waals surface area contributed by atoms with Gasteiger partial charge in [0.1, 0.15) is 0 Å². The molecule has 2 rings (SSSR count). The van der Waals surface area contributed by atoms with E-state index < -0.39 is 0 Å². The quantitative estimate of drug-likeness (QED) is 0.759. The Bertz CT molecular complexity index is 429. The fraction of sp³-hybridized carbons (Fsp3) is 0.667. The van der Waals surface area contributed by atoms with Crippen LogP contribution >= 0.6 is 0 Å². The standard InChI is InChI=1S/C18H30N2O/c1-14(2)13-20(9-10-21-3)18(12-19)17-6-4-5-16(11-17)15-7-8-15/h4-6,11,14-15,18H,7-10,12-13,19H2,1-3H3. The predicted molar refractivity (Wildman–Crippen MR) is 88.5 cm³/mol. The van der Waals surface area contributed by atoms with Crippen molar-refractivity contribution in [2.24, 2.45) is 11.7 Å². The van der Waals surface area contributed by atoms with E-state index in [1.807, 2.05) is 0 Å². The second kappa shape index (κ2) is 7.92. The minimum atomic E-state index is 0.293. The van der Waals surface area contributed by atoms with Crippen LogP contribution in [0.25, 0.3) is 0 Å². The van der Waals surface area contributed by atoms with Gasteiger partial charge in [0.25, 0.3) is 0 Å². The molecule has 1 fully saturated rings. The van der Waals surface area contributed by atoms with Gasteiger partial charge >= 0.3 is 0 Å². The van der Waals surface area contributed by atoms with Gasteiger partial charge in [0.2, 0.25) is 0 Å². The van der Waals surface area contributed by atoms with Gasteiger partial charge in [0.05, 0.1) is 6.61 Å². The van der Waals surface area contributed by atoms with Gasteiger partial charge in [-0.05, 0) is 35.8 Å². The Morgan fingerprint density at radius 2 is 2.10 bits per heavy atom. The van der Waals surface area contributed by atoms with E-state index in [-0.39, 0.29) is 0 Å². The minimum absolute atomic E-state index is 0.293. The second-order valence-corrected chi connectivity index (χ2v) is 6.58. The van der Waals surface area contributed by atoms with Gasteiger partial charge in [-0.1, -0.05) is 38.1 Å². The first-order valence-corrected chi connectivity index (χ1v) is 8.18. The predicted octanol–water partition coefficient (Wildman–Crippen LogP) is 3.17. The Kier molecular flexibility index (Phi) is 6.22. The lowest BCUT2D eigenvalue weighted by Gasteiger charge is -2.32. The topological polar surface area (TPSA) is 38.5 Å². The van der Waals surface area contributed by atoms with E-state index in [1.54, 1.807) is 7.11 Å². The minimum Gasteiger partial charge on any atom is -0.383 e. The molecule has 0 radical (unpaired) electrons. The lowest BCUT2D eigenvalue weighted by atomic mass is 9.99. The molecule has 1 unspecified atom stereocenters. The van der Waals surface area contributed by atoms with Gasteiger partial charge in [-0.25, -0.2) is 0 Å². The summed E-state index contributed by atoms with van der Waals surface area (Å²) in [4.78, 5) is 2.47. The van der Waals surface area contributed by atoms with E-state index in [0.29, 0.717) is 18.5 Å². The molecular formula is C18H30N2O. The van der Waals surface area contributed by atoms with E-state index in [4.69, 9.17) is 10.5 Å². The van der Waals surface area contributed by atoms with Crippen molar-refractivity contribution in [1.82, 2.24) is 4.90 Å². The smallest absolute Gasteiger partial charge is 0.0589 e. The Balaban J connectivity index is 2.15. The highest BCUT2D eigenvalue weighted by molar-refractivity contribution is 5.31. The molecule has 0 spiro atoms. The Morgan fingerprint density at radius 1 is 1.33 bits per heavy atom. The summed E-state index contributed by atoms with van der Waals surface area (Å²) >= 11 is 0. The number of nitrogens with two attached hydrogens (primary N) is 1. The van der Waals surface area contributed by atoms with Crippen LogP contribution in [0.1, 0.15) is 49.8 Å². The fourth-order valence-electron chi connectivity index (χ4n) is 2.98. The SMILES string of the molecule is COCCN(CC(C)C)C(CN)c1cccc(C2CC2)c1. The van der Waals surface area contributed by atoms with Crippen LogP contribution in [-0.2, 0) is 4.74 Å². The highest BCUT2D eigenvalue weighted by Crippen LogP contribution is 2.40. The summed E-state index contributed by atoms with van der Waals surface area (Å²) in [6, 6.07) is 9.34. The zero-order valence-electron chi connectivity index (χ0n) is 13.7. The molecule has 0 bridgehead atoms. The zero-order valence-corrected chi connectivity index (χ0v) is 13.7. The first kappa shape index (κ1) is 16.5. The average Bonchev–Trinajstić information content (AvgIpc) is 3.30. The van der Waals surface area contributed by atoms with Crippen LogP contribution in [0.15, 0.2) is 24.3 Å². The molecule has 1 aliphatic carbocycles. The Morgan fingerprint density at radius 3 is 2.67 bits per heavy atom. The van der Waals surface area contributed by atoms with Crippen molar-refractivity contribution in [2.45, 2.75) is 38.6 Å². The molecule has 118 valence electrons. The van der Waals surface area contributed by atoms with Crippen LogP contribution in [0.4, 0.5) is 0 Å². The molecule has 0 amide bonds. The van der Waals surface area contributed by atoms with Crippen LogP contribution in [0, 0.1) is 5.92 Å². The summed E-state index contributed by atoms with van der Waals surface area (Å²) in [6.07, 6.45) is 2.69. The molecule has 1 aromatic carbocycles. The number of ether oxygens (including phenoxy) is 1. The normalized spacial score (nSPS) is 16.7. The third kappa shape index (κ3) is 4.80. The Labute approximate surface area is 129 Å². The van der Waals surface area contributed by atoms with Crippen molar-refractivity contribution >= 4 is 0 Å². The van der Waals surface area contributed by atoms with Crippen molar-refractivity contribution in [1.29, 1.82) is 0 Å². The van der Waals surface area contributed by atoms with Gasteiger partial charge in [0, 0.05) is 32.8 Å². The summed E-state index contributed by atoms with van der Waals surface area (Å²) in [5, 5.41) is 0. The summed E-state index contributed by atoms with van der Waals surface area (Å²) in [6.45, 7) is 7.92. The van der Waals surface area contributed by atoms with Crippen LogP contribution in [0.3, 0.4) is 0 Å². The highest BCUT2D eigenvalue weighted by atomic mass is 16.5. The molecule has 2 N–H and O–H groups in total. The summed E-state index contributed by atoms with van der Waals surface area (Å²) in [5.41, 5.74) is 8.96. The van der Waals surface area contributed by atoms with Gasteiger partial charge in [-0.2, -0.15) is 0 Å². The van der Waals surface area contributed by atoms with E-state index >= 15 is 0 Å². The number of benzene rings is 1. The van der Waals surface area contributed by atoms with Crippen LogP contribution in [0.2, 0.25) is 0 Å². The molecule has 0 heterocycles. The second-order valence-electron chi connectivity index (χ2n) is 6.58. The Hall–Kier alpha value is -0.900. The van der Waals surface area contributed by atoms with Gasteiger partial charge in [0.15, 0.2) is 0 Å². The van der Waals surface area contributed by atoms with Crippen molar-refractivity contribution in [3.05, 3.63) is 35.4 Å². The highest BCUT2D eigenvalue weighted by Gasteiger charge is 2.25. The summed E-state index contributed by atoms with van der Waals surface area (Å²) in [5.74, 6) is 1.42. The molecule has 1 atom stereocenters. The molecule has 1 aliphatic rings. The van der Waals surface area contributed by atoms with Gasteiger partial charge in [-0.15, -0.1) is 0 Å². The number of methoxy groups -OCH3 is 1. The molecule has 1 aromatic rings. The van der Waals surface area contributed by atoms with Crippen molar-refractivity contribution < 1.29 is 4.74 Å². The van der Waals surface area contributed by atoms with E-state index in [0.717, 1.165) is 25.6 Å². The number of rotatable bonds is 9. The molecule has 3 heteroatoms. The maximum absolute atomic E-state index is 6.11. The maximum Gasteiger partial charge on any atom is 0.0589 e. The molecule has 0 saturated heterocycles. The number of hydrogen-bond donors (Lipinski definition) is 1. The monoisotopic (exact) mass is 290 g/mol. The molecular weight excluding hydrogens is 260 g/mol. The molecule has 1 saturated carbocycles. The molecule has 3 nitrogen and oxygen atoms in total. The first-order chi connectivity index (χ1) is 10.2. The van der Waals surface area contributed by atoms with Crippen LogP contribution in [-0.4, -0.2) is 38.3 Å². The van der Waals surface area contributed by atoms with E-state index in [1.165, 1.54) is 24.0 Å². The summed E-state index contributed by atoms with van der Waals surface area (Å²) in [7, 11) is 1.76. The summed E-state index contributed by atoms with van der Waals surface area (Å²) < 4.78 is 5.27. The van der Waals surface area contributed by atoms with Crippen molar-refractivity contribution in [3.63, 3.8) is 0 Å². The van der Waals surface area contributed by atoms with Crippen LogP contribution in [0.5, 0.6) is 0 Å². The first-order valence-electron chi connectivity index (χ1n) is 8.18. The lowest BCUT2D eigenvalue weighted by Crippen LogP contribution is -2.38. The third-order valence-corrected chi connectivity index (χ3v) is 4.19. The zero-order chi connectivity index (χ0) is 15.2. The van der Waals surface area contributed by atoms with Crippen molar-refractivity contribution in [3.8, 4) is 0 Å². The van der Waals surface area contributed by atoms with E-state index in [2.05, 4.69) is 43.0 Å². The van der Waals surface area contributed by atoms with Gasteiger partial charge < -0.3 is 10.5 Å². The third-order valence-electron chi connectivity index (χ3n) is 4.19. The maximum atomic E-state index is 6.11. The average molecular weight is 290 g/mol. The van der Waals surface area contributed by atoms with E-state index in [9.17, 15) is 0 Å². The molecule has 21 heavy (non-hydrogen) atoms. The molecule has 0 aliphatic heterocycles. The van der Waals surface area contributed by atoms with Crippen molar-refractivity contribution in [2.75, 3.05) is 33.4 Å². The largest absolute Gasteiger partial charge is 0.383 e. The van der Waals surface area contributed by atoms with Gasteiger partial charge in [-0.3, -0.25) is 4.90 Å².